The summed E-state index contributed by atoms with van der Waals surface area (Å²) < 4.78 is 19.3. The minimum atomic E-state index is -0.266. The molecule has 3 atom stereocenters. The Morgan fingerprint density at radius 1 is 1.20 bits per heavy atom. The van der Waals surface area contributed by atoms with Crippen LogP contribution in [0.3, 0.4) is 0 Å². The van der Waals surface area contributed by atoms with E-state index >= 15 is 0 Å². The molecule has 0 spiro atoms. The lowest BCUT2D eigenvalue weighted by Crippen LogP contribution is -2.33. The molecule has 1 aliphatic rings. The third kappa shape index (κ3) is 2.41. The highest BCUT2D eigenvalue weighted by Crippen LogP contribution is 2.38. The second-order valence-corrected chi connectivity index (χ2v) is 5.38. The van der Waals surface area contributed by atoms with Gasteiger partial charge in [0, 0.05) is 23.9 Å². The molecule has 20 heavy (non-hydrogen) atoms. The Kier molecular flexibility index (Phi) is 3.45. The highest BCUT2D eigenvalue weighted by molar-refractivity contribution is 5.39. The maximum atomic E-state index is 13.3. The number of halogens is 1. The van der Waals surface area contributed by atoms with Crippen molar-refractivity contribution in [2.45, 2.75) is 31.4 Å². The largest absolute Gasteiger partial charge is 0.489 e. The third-order valence-corrected chi connectivity index (χ3v) is 4.02. The fourth-order valence-electron chi connectivity index (χ4n) is 2.78. The Balaban J connectivity index is 1.86. The Bertz CT molecular complexity index is 599. The molecule has 0 saturated heterocycles. The maximum Gasteiger partial charge on any atom is 0.124 e. The molecule has 3 heteroatoms. The minimum absolute atomic E-state index is 0.0189. The summed E-state index contributed by atoms with van der Waals surface area (Å²) >= 11 is 0. The molecule has 2 aromatic carbocycles. The van der Waals surface area contributed by atoms with Gasteiger partial charge in [0.05, 0.1) is 0 Å². The number of ether oxygens (including phenoxy) is 1. The minimum Gasteiger partial charge on any atom is -0.489 e. The average Bonchev–Trinajstić information content (AvgIpc) is 2.48. The molecular formula is C17H18FNO. The van der Waals surface area contributed by atoms with Crippen molar-refractivity contribution >= 4 is 0 Å². The number of fused-ring (bicyclic) bond motifs is 1. The van der Waals surface area contributed by atoms with Crippen LogP contribution in [0, 0.1) is 5.82 Å². The van der Waals surface area contributed by atoms with Gasteiger partial charge in [-0.2, -0.15) is 0 Å². The number of rotatable bonds is 2. The molecule has 0 radical (unpaired) electrons. The van der Waals surface area contributed by atoms with Gasteiger partial charge in [-0.1, -0.05) is 37.3 Å². The molecule has 0 bridgehead atoms. The quantitative estimate of drug-likeness (QED) is 0.902. The highest BCUT2D eigenvalue weighted by Gasteiger charge is 2.30. The molecule has 0 saturated carbocycles. The molecule has 104 valence electrons. The summed E-state index contributed by atoms with van der Waals surface area (Å²) in [5.74, 6) is 0.691. The van der Waals surface area contributed by atoms with Gasteiger partial charge in [-0.25, -0.2) is 4.39 Å². The van der Waals surface area contributed by atoms with E-state index in [1.54, 1.807) is 6.07 Å². The molecule has 0 fully saturated rings. The standard InChI is InChI=1S/C17H18FNO/c1-11(12-5-3-2-4-6-12)17-10-15(19)14-9-13(18)7-8-16(14)20-17/h2-9,11,15,17H,10,19H2,1H3. The van der Waals surface area contributed by atoms with Crippen LogP contribution in [0.5, 0.6) is 5.75 Å². The molecule has 3 unspecified atom stereocenters. The maximum absolute atomic E-state index is 13.3. The van der Waals surface area contributed by atoms with E-state index in [1.807, 2.05) is 18.2 Å². The van der Waals surface area contributed by atoms with Crippen LogP contribution in [0.15, 0.2) is 48.5 Å². The average molecular weight is 271 g/mol. The lowest BCUT2D eigenvalue weighted by molar-refractivity contribution is 0.136. The topological polar surface area (TPSA) is 35.2 Å². The molecular weight excluding hydrogens is 253 g/mol. The normalized spacial score (nSPS) is 22.8. The van der Waals surface area contributed by atoms with Crippen molar-refractivity contribution in [2.75, 3.05) is 0 Å². The SMILES string of the molecule is CC(c1ccccc1)C1CC(N)c2cc(F)ccc2O1. The summed E-state index contributed by atoms with van der Waals surface area (Å²) in [4.78, 5) is 0. The third-order valence-electron chi connectivity index (χ3n) is 4.02. The van der Waals surface area contributed by atoms with Crippen molar-refractivity contribution in [1.29, 1.82) is 0 Å². The number of nitrogens with two attached hydrogens (primary N) is 1. The van der Waals surface area contributed by atoms with E-state index in [0.717, 1.165) is 5.56 Å². The van der Waals surface area contributed by atoms with Crippen LogP contribution in [0.25, 0.3) is 0 Å². The number of hydrogen-bond acceptors (Lipinski definition) is 2. The highest BCUT2D eigenvalue weighted by atomic mass is 19.1. The summed E-state index contributed by atoms with van der Waals surface area (Å²) in [5, 5.41) is 0. The van der Waals surface area contributed by atoms with Crippen molar-refractivity contribution in [2.24, 2.45) is 5.73 Å². The molecule has 3 rings (SSSR count). The van der Waals surface area contributed by atoms with Crippen molar-refractivity contribution < 1.29 is 9.13 Å². The Labute approximate surface area is 118 Å². The van der Waals surface area contributed by atoms with Gasteiger partial charge in [-0.15, -0.1) is 0 Å². The Morgan fingerprint density at radius 3 is 2.70 bits per heavy atom. The lowest BCUT2D eigenvalue weighted by Gasteiger charge is -2.34. The van der Waals surface area contributed by atoms with E-state index in [4.69, 9.17) is 10.5 Å². The smallest absolute Gasteiger partial charge is 0.124 e. The first-order chi connectivity index (χ1) is 9.65. The molecule has 0 aliphatic carbocycles. The van der Waals surface area contributed by atoms with Crippen molar-refractivity contribution in [3.63, 3.8) is 0 Å². The monoisotopic (exact) mass is 271 g/mol. The zero-order valence-electron chi connectivity index (χ0n) is 11.4. The zero-order valence-corrected chi connectivity index (χ0v) is 11.4. The van der Waals surface area contributed by atoms with Crippen molar-refractivity contribution in [3.8, 4) is 5.75 Å². The van der Waals surface area contributed by atoms with Gasteiger partial charge >= 0.3 is 0 Å². The summed E-state index contributed by atoms with van der Waals surface area (Å²) in [7, 11) is 0. The Hall–Kier alpha value is -1.87. The van der Waals surface area contributed by atoms with E-state index in [-0.39, 0.29) is 23.9 Å². The van der Waals surface area contributed by atoms with Gasteiger partial charge in [0.1, 0.15) is 17.7 Å². The molecule has 2 nitrogen and oxygen atoms in total. The van der Waals surface area contributed by atoms with Gasteiger partial charge in [0.15, 0.2) is 0 Å². The first-order valence-corrected chi connectivity index (χ1v) is 6.92. The number of benzene rings is 2. The summed E-state index contributed by atoms with van der Waals surface area (Å²) in [5.41, 5.74) is 8.17. The van der Waals surface area contributed by atoms with Crippen molar-refractivity contribution in [3.05, 3.63) is 65.5 Å². The van der Waals surface area contributed by atoms with Gasteiger partial charge in [0.25, 0.3) is 0 Å². The second-order valence-electron chi connectivity index (χ2n) is 5.38. The zero-order chi connectivity index (χ0) is 14.1. The second kappa shape index (κ2) is 5.25. The van der Waals surface area contributed by atoms with Crippen LogP contribution < -0.4 is 10.5 Å². The molecule has 0 aromatic heterocycles. The van der Waals surface area contributed by atoms with Gasteiger partial charge in [0.2, 0.25) is 0 Å². The fraction of sp³-hybridized carbons (Fsp3) is 0.294. The fourth-order valence-corrected chi connectivity index (χ4v) is 2.78. The summed E-state index contributed by atoms with van der Waals surface area (Å²) in [6, 6.07) is 14.6. The summed E-state index contributed by atoms with van der Waals surface area (Å²) in [6.07, 6.45) is 0.720. The van der Waals surface area contributed by atoms with Gasteiger partial charge in [-0.3, -0.25) is 0 Å². The molecule has 0 amide bonds. The molecule has 1 aliphatic heterocycles. The van der Waals surface area contributed by atoms with Crippen LogP contribution >= 0.6 is 0 Å². The first kappa shape index (κ1) is 13.1. The van der Waals surface area contributed by atoms with Gasteiger partial charge in [-0.05, 0) is 23.8 Å². The van der Waals surface area contributed by atoms with Crippen molar-refractivity contribution in [1.82, 2.24) is 0 Å². The molecule has 2 N–H and O–H groups in total. The lowest BCUT2D eigenvalue weighted by atomic mass is 9.87. The van der Waals surface area contributed by atoms with Crippen LogP contribution in [-0.4, -0.2) is 6.10 Å². The Morgan fingerprint density at radius 2 is 1.95 bits per heavy atom. The van der Waals surface area contributed by atoms with E-state index < -0.39 is 0 Å². The summed E-state index contributed by atoms with van der Waals surface area (Å²) in [6.45, 7) is 2.14. The van der Waals surface area contributed by atoms with Gasteiger partial charge < -0.3 is 10.5 Å². The number of hydrogen-bond donors (Lipinski definition) is 1. The van der Waals surface area contributed by atoms with E-state index in [1.165, 1.54) is 17.7 Å². The van der Waals surface area contributed by atoms with E-state index in [0.29, 0.717) is 12.2 Å². The predicted octanol–water partition coefficient (Wildman–Crippen LogP) is 3.78. The van der Waals surface area contributed by atoms with Crippen LogP contribution in [0.1, 0.15) is 36.4 Å². The first-order valence-electron chi connectivity index (χ1n) is 6.92. The van der Waals surface area contributed by atoms with Crippen LogP contribution in [-0.2, 0) is 0 Å². The van der Waals surface area contributed by atoms with Crippen LogP contribution in [0.4, 0.5) is 4.39 Å². The van der Waals surface area contributed by atoms with E-state index in [9.17, 15) is 4.39 Å². The van der Waals surface area contributed by atoms with E-state index in [2.05, 4.69) is 19.1 Å². The molecule has 2 aromatic rings. The molecule has 1 heterocycles. The van der Waals surface area contributed by atoms with Crippen LogP contribution in [0.2, 0.25) is 0 Å². The predicted molar refractivity (Wildman–Crippen MR) is 77.2 cm³/mol.